The molecular formula is C8H12NO4P. The number of aryl methyl sites for hydroxylation is 1. The highest BCUT2D eigenvalue weighted by atomic mass is 31.2. The summed E-state index contributed by atoms with van der Waals surface area (Å²) in [4.78, 5) is 17.8. The maximum absolute atomic E-state index is 10.9. The Hall–Kier alpha value is -0.710. The number of hydrogen-bond donors (Lipinski definition) is 4. The minimum atomic E-state index is -4.38. The first kappa shape index (κ1) is 11.4. The molecule has 5 nitrogen and oxygen atoms in total. The van der Waals surface area contributed by atoms with Crippen LogP contribution in [0.25, 0.3) is 0 Å². The second-order valence-corrected chi connectivity index (χ2v) is 4.73. The van der Waals surface area contributed by atoms with Crippen LogP contribution in [0.2, 0.25) is 0 Å². The van der Waals surface area contributed by atoms with Crippen molar-refractivity contribution in [2.75, 3.05) is 0 Å². The molecule has 0 saturated heterocycles. The number of nitrogens with one attached hydrogen (secondary N) is 1. The maximum atomic E-state index is 10.9. The Morgan fingerprint density at radius 2 is 2.07 bits per heavy atom. The van der Waals surface area contributed by atoms with Gasteiger partial charge in [-0.25, -0.2) is 0 Å². The highest BCUT2D eigenvalue weighted by Crippen LogP contribution is 2.49. The highest BCUT2D eigenvalue weighted by Gasteiger charge is 2.29. The van der Waals surface area contributed by atoms with E-state index < -0.39 is 13.4 Å². The molecule has 0 aliphatic heterocycles. The van der Waals surface area contributed by atoms with E-state index in [9.17, 15) is 4.57 Å². The first-order valence-electron chi connectivity index (χ1n) is 3.96. The number of hydroxylamine groups is 1. The molecule has 0 heterocycles. The first-order chi connectivity index (χ1) is 6.45. The smallest absolute Gasteiger partial charge is 0.323 e. The summed E-state index contributed by atoms with van der Waals surface area (Å²) in [7, 11) is -4.38. The molecule has 0 spiro atoms. The molecule has 0 aliphatic rings. The minimum Gasteiger partial charge on any atom is -0.323 e. The molecule has 0 amide bonds. The molecule has 14 heavy (non-hydrogen) atoms. The largest absolute Gasteiger partial charge is 0.349 e. The van der Waals surface area contributed by atoms with E-state index in [1.807, 2.05) is 0 Å². The molecule has 0 aromatic heterocycles. The second-order valence-electron chi connectivity index (χ2n) is 3.03. The Balaban J connectivity index is 3.08. The predicted octanol–water partition coefficient (Wildman–Crippen LogP) is 1.15. The van der Waals surface area contributed by atoms with Crippen LogP contribution in [0.4, 0.5) is 0 Å². The molecule has 6 heteroatoms. The van der Waals surface area contributed by atoms with Gasteiger partial charge in [-0.15, -0.1) is 0 Å². The Kier molecular flexibility index (Phi) is 3.42. The monoisotopic (exact) mass is 217 g/mol. The standard InChI is InChI=1S/C8H12NO4P/c1-6-3-2-4-7(5-6)8(9-10)14(11,12)13/h2-5,8-10H,1H3,(H2,11,12,13). The zero-order chi connectivity index (χ0) is 10.8. The number of hydrogen-bond acceptors (Lipinski definition) is 3. The van der Waals surface area contributed by atoms with Gasteiger partial charge in [0.1, 0.15) is 0 Å². The van der Waals surface area contributed by atoms with Crippen LogP contribution in [0.1, 0.15) is 16.9 Å². The van der Waals surface area contributed by atoms with Crippen LogP contribution >= 0.6 is 7.60 Å². The van der Waals surface area contributed by atoms with Crippen molar-refractivity contribution >= 4 is 7.60 Å². The summed E-state index contributed by atoms with van der Waals surface area (Å²) in [5, 5.41) is 8.66. The van der Waals surface area contributed by atoms with Gasteiger partial charge in [-0.1, -0.05) is 29.8 Å². The van der Waals surface area contributed by atoms with E-state index in [2.05, 4.69) is 0 Å². The topological polar surface area (TPSA) is 89.8 Å². The molecule has 0 saturated carbocycles. The normalized spacial score (nSPS) is 14.0. The van der Waals surface area contributed by atoms with Crippen LogP contribution in [-0.2, 0) is 4.57 Å². The van der Waals surface area contributed by atoms with E-state index in [-0.39, 0.29) is 0 Å². The van der Waals surface area contributed by atoms with E-state index in [1.165, 1.54) is 0 Å². The molecule has 0 aliphatic carbocycles. The summed E-state index contributed by atoms with van der Waals surface area (Å²) in [6.07, 6.45) is 0. The Morgan fingerprint density at radius 1 is 1.43 bits per heavy atom. The minimum absolute atomic E-state index is 0.362. The fourth-order valence-corrected chi connectivity index (χ4v) is 1.88. The Bertz CT molecular complexity index is 362. The molecule has 4 N–H and O–H groups in total. The van der Waals surface area contributed by atoms with E-state index in [0.29, 0.717) is 5.56 Å². The van der Waals surface area contributed by atoms with Crippen LogP contribution < -0.4 is 5.48 Å². The summed E-state index contributed by atoms with van der Waals surface area (Å²) in [5.74, 6) is -1.36. The lowest BCUT2D eigenvalue weighted by molar-refractivity contribution is 0.141. The van der Waals surface area contributed by atoms with Gasteiger partial charge in [0, 0.05) is 0 Å². The third-order valence-electron chi connectivity index (χ3n) is 1.82. The Labute approximate surface area is 81.5 Å². The molecule has 78 valence electrons. The lowest BCUT2D eigenvalue weighted by Crippen LogP contribution is -2.17. The van der Waals surface area contributed by atoms with Crippen molar-refractivity contribution in [2.24, 2.45) is 0 Å². The molecule has 0 radical (unpaired) electrons. The summed E-state index contributed by atoms with van der Waals surface area (Å²) < 4.78 is 10.9. The zero-order valence-corrected chi connectivity index (χ0v) is 8.48. The second kappa shape index (κ2) is 4.21. The summed E-state index contributed by atoms with van der Waals surface area (Å²) >= 11 is 0. The van der Waals surface area contributed by atoms with Gasteiger partial charge < -0.3 is 15.0 Å². The van der Waals surface area contributed by atoms with Gasteiger partial charge >= 0.3 is 7.60 Å². The maximum Gasteiger partial charge on any atom is 0.349 e. The van der Waals surface area contributed by atoms with Crippen LogP contribution in [0.3, 0.4) is 0 Å². The van der Waals surface area contributed by atoms with Crippen molar-refractivity contribution in [3.8, 4) is 0 Å². The lowest BCUT2D eigenvalue weighted by Gasteiger charge is -2.16. The quantitative estimate of drug-likeness (QED) is 0.450. The number of rotatable bonds is 3. The molecule has 1 rings (SSSR count). The number of benzene rings is 1. The average Bonchev–Trinajstić information content (AvgIpc) is 2.02. The lowest BCUT2D eigenvalue weighted by atomic mass is 10.1. The van der Waals surface area contributed by atoms with Crippen LogP contribution in [-0.4, -0.2) is 15.0 Å². The molecule has 0 fully saturated rings. The fraction of sp³-hybridized carbons (Fsp3) is 0.250. The third kappa shape index (κ3) is 2.64. The molecular weight excluding hydrogens is 205 g/mol. The van der Waals surface area contributed by atoms with E-state index in [4.69, 9.17) is 15.0 Å². The van der Waals surface area contributed by atoms with Crippen molar-refractivity contribution < 1.29 is 19.6 Å². The van der Waals surface area contributed by atoms with Gasteiger partial charge in [0.25, 0.3) is 0 Å². The molecule has 1 aromatic rings. The zero-order valence-electron chi connectivity index (χ0n) is 7.58. The fourth-order valence-electron chi connectivity index (χ4n) is 1.18. The summed E-state index contributed by atoms with van der Waals surface area (Å²) in [6, 6.07) is 6.62. The van der Waals surface area contributed by atoms with E-state index >= 15 is 0 Å². The third-order valence-corrected chi connectivity index (χ3v) is 2.90. The van der Waals surface area contributed by atoms with Crippen LogP contribution in [0, 0.1) is 6.92 Å². The molecule has 0 bridgehead atoms. The van der Waals surface area contributed by atoms with Gasteiger partial charge in [-0.3, -0.25) is 4.57 Å². The van der Waals surface area contributed by atoms with Gasteiger partial charge in [-0.2, -0.15) is 5.48 Å². The molecule has 1 unspecified atom stereocenters. The van der Waals surface area contributed by atoms with Crippen LogP contribution in [0.5, 0.6) is 0 Å². The van der Waals surface area contributed by atoms with E-state index in [1.54, 1.807) is 36.7 Å². The Morgan fingerprint density at radius 3 is 2.50 bits per heavy atom. The van der Waals surface area contributed by atoms with Crippen molar-refractivity contribution in [1.29, 1.82) is 0 Å². The summed E-state index contributed by atoms with van der Waals surface area (Å²) in [5.41, 5.74) is 2.86. The van der Waals surface area contributed by atoms with Crippen LogP contribution in [0.15, 0.2) is 24.3 Å². The SMILES string of the molecule is Cc1cccc(C(NO)P(=O)(O)O)c1. The first-order valence-corrected chi connectivity index (χ1v) is 5.64. The molecule has 1 atom stereocenters. The van der Waals surface area contributed by atoms with Gasteiger partial charge in [0.05, 0.1) is 0 Å². The van der Waals surface area contributed by atoms with Gasteiger partial charge in [-0.05, 0) is 12.5 Å². The van der Waals surface area contributed by atoms with Crippen molar-refractivity contribution in [3.05, 3.63) is 35.4 Å². The molecule has 1 aromatic carbocycles. The average molecular weight is 217 g/mol. The summed E-state index contributed by atoms with van der Waals surface area (Å²) in [6.45, 7) is 1.80. The van der Waals surface area contributed by atoms with E-state index in [0.717, 1.165) is 5.56 Å². The van der Waals surface area contributed by atoms with Gasteiger partial charge in [0.2, 0.25) is 0 Å². The van der Waals surface area contributed by atoms with Crippen molar-refractivity contribution in [3.63, 3.8) is 0 Å². The predicted molar refractivity (Wildman–Crippen MR) is 50.9 cm³/mol. The van der Waals surface area contributed by atoms with Crippen molar-refractivity contribution in [1.82, 2.24) is 5.48 Å². The van der Waals surface area contributed by atoms with Gasteiger partial charge in [0.15, 0.2) is 5.78 Å². The van der Waals surface area contributed by atoms with Crippen molar-refractivity contribution in [2.45, 2.75) is 12.7 Å². The highest BCUT2D eigenvalue weighted by molar-refractivity contribution is 7.52.